The third-order valence-corrected chi connectivity index (χ3v) is 7.19. The number of methoxy groups -OCH3 is 1. The molecule has 8 nitrogen and oxygen atoms in total. The van der Waals surface area contributed by atoms with Crippen LogP contribution in [0.4, 0.5) is 10.1 Å². The molecule has 11 heteroatoms. The van der Waals surface area contributed by atoms with Crippen LogP contribution in [0.1, 0.15) is 30.9 Å². The SMILES string of the molecule is COc1ccc(S(=O)(=O)N2CCCC2)cc1NC(=S)N[C@@H](CC(=O)O)c1ccc(F)cc1. The molecule has 0 aromatic heterocycles. The Morgan fingerprint density at radius 2 is 1.88 bits per heavy atom. The Morgan fingerprint density at radius 1 is 1.22 bits per heavy atom. The molecule has 3 rings (SSSR count). The second-order valence-corrected chi connectivity index (χ2v) is 9.62. The van der Waals surface area contributed by atoms with E-state index in [4.69, 9.17) is 17.0 Å². The summed E-state index contributed by atoms with van der Waals surface area (Å²) in [5.74, 6) is -1.14. The monoisotopic (exact) mass is 481 g/mol. The highest BCUT2D eigenvalue weighted by molar-refractivity contribution is 7.89. The minimum atomic E-state index is -3.65. The summed E-state index contributed by atoms with van der Waals surface area (Å²) in [5.41, 5.74) is 0.855. The van der Waals surface area contributed by atoms with Gasteiger partial charge in [-0.3, -0.25) is 4.79 Å². The summed E-state index contributed by atoms with van der Waals surface area (Å²) < 4.78 is 45.8. The summed E-state index contributed by atoms with van der Waals surface area (Å²) in [6.45, 7) is 0.956. The van der Waals surface area contributed by atoms with Gasteiger partial charge in [0.1, 0.15) is 11.6 Å². The van der Waals surface area contributed by atoms with Gasteiger partial charge in [-0.25, -0.2) is 12.8 Å². The lowest BCUT2D eigenvalue weighted by atomic mass is 10.0. The molecule has 1 aliphatic heterocycles. The molecule has 0 aliphatic carbocycles. The average molecular weight is 482 g/mol. The number of anilines is 1. The lowest BCUT2D eigenvalue weighted by Gasteiger charge is -2.21. The molecule has 0 radical (unpaired) electrons. The molecule has 0 bridgehead atoms. The van der Waals surface area contributed by atoms with Crippen LogP contribution in [-0.4, -0.2) is 49.1 Å². The number of halogens is 1. The zero-order chi connectivity index (χ0) is 23.3. The molecule has 1 heterocycles. The van der Waals surface area contributed by atoms with Crippen LogP contribution in [0, 0.1) is 5.82 Å². The third-order valence-electron chi connectivity index (χ3n) is 5.08. The molecule has 0 saturated carbocycles. The lowest BCUT2D eigenvalue weighted by molar-refractivity contribution is -0.137. The van der Waals surface area contributed by atoms with E-state index in [0.717, 1.165) is 12.8 Å². The maximum absolute atomic E-state index is 13.3. The summed E-state index contributed by atoms with van der Waals surface area (Å²) in [6.07, 6.45) is 1.35. The van der Waals surface area contributed by atoms with Gasteiger partial charge < -0.3 is 20.5 Å². The molecule has 1 saturated heterocycles. The molecule has 1 fully saturated rings. The zero-order valence-corrected chi connectivity index (χ0v) is 19.0. The Morgan fingerprint density at radius 3 is 2.47 bits per heavy atom. The fourth-order valence-electron chi connectivity index (χ4n) is 3.46. The second-order valence-electron chi connectivity index (χ2n) is 7.27. The highest BCUT2D eigenvalue weighted by Gasteiger charge is 2.28. The van der Waals surface area contributed by atoms with Crippen molar-refractivity contribution < 1.29 is 27.4 Å². The van der Waals surface area contributed by atoms with Gasteiger partial charge >= 0.3 is 5.97 Å². The Balaban J connectivity index is 1.81. The molecule has 0 unspecified atom stereocenters. The van der Waals surface area contributed by atoms with Crippen molar-refractivity contribution >= 4 is 39.0 Å². The van der Waals surface area contributed by atoms with Crippen LogP contribution in [0.5, 0.6) is 5.75 Å². The van der Waals surface area contributed by atoms with Gasteiger partial charge in [-0.2, -0.15) is 4.31 Å². The number of hydrogen-bond acceptors (Lipinski definition) is 5. The Labute approximate surface area is 191 Å². The fraction of sp³-hybridized carbons (Fsp3) is 0.333. The Kier molecular flexibility index (Phi) is 7.64. The minimum absolute atomic E-state index is 0.0644. The van der Waals surface area contributed by atoms with E-state index >= 15 is 0 Å². The molecule has 172 valence electrons. The van der Waals surface area contributed by atoms with Crippen LogP contribution in [0.3, 0.4) is 0 Å². The summed E-state index contributed by atoms with van der Waals surface area (Å²) in [4.78, 5) is 11.4. The molecular formula is C21H24FN3O5S2. The van der Waals surface area contributed by atoms with Crippen LogP contribution in [0.25, 0.3) is 0 Å². The number of carbonyl (C=O) groups is 1. The van der Waals surface area contributed by atoms with Crippen molar-refractivity contribution in [3.63, 3.8) is 0 Å². The zero-order valence-electron chi connectivity index (χ0n) is 17.4. The molecule has 1 aliphatic rings. The van der Waals surface area contributed by atoms with Crippen molar-refractivity contribution in [1.82, 2.24) is 9.62 Å². The number of carboxylic acid groups (broad SMARTS) is 1. The molecular weight excluding hydrogens is 457 g/mol. The second kappa shape index (κ2) is 10.2. The van der Waals surface area contributed by atoms with E-state index < -0.39 is 27.9 Å². The number of rotatable bonds is 8. The van der Waals surface area contributed by atoms with Crippen molar-refractivity contribution in [2.45, 2.75) is 30.2 Å². The van der Waals surface area contributed by atoms with Gasteiger partial charge in [-0.05, 0) is 61.0 Å². The van der Waals surface area contributed by atoms with Gasteiger partial charge in [0.05, 0.1) is 30.2 Å². The highest BCUT2D eigenvalue weighted by Crippen LogP contribution is 2.30. The minimum Gasteiger partial charge on any atom is -0.495 e. The van der Waals surface area contributed by atoms with E-state index in [1.54, 1.807) is 0 Å². The van der Waals surface area contributed by atoms with E-state index in [1.165, 1.54) is 53.9 Å². The maximum Gasteiger partial charge on any atom is 0.305 e. The predicted octanol–water partition coefficient (Wildman–Crippen LogP) is 3.12. The maximum atomic E-state index is 13.3. The van der Waals surface area contributed by atoms with Gasteiger partial charge in [0.25, 0.3) is 0 Å². The molecule has 1 atom stereocenters. The van der Waals surface area contributed by atoms with Crippen molar-refractivity contribution in [3.05, 3.63) is 53.8 Å². The van der Waals surface area contributed by atoms with Gasteiger partial charge in [-0.1, -0.05) is 12.1 Å². The largest absolute Gasteiger partial charge is 0.495 e. The van der Waals surface area contributed by atoms with E-state index in [9.17, 15) is 22.7 Å². The quantitative estimate of drug-likeness (QED) is 0.494. The number of carboxylic acids is 1. The number of nitrogens with zero attached hydrogens (tertiary/aromatic N) is 1. The first kappa shape index (κ1) is 23.9. The van der Waals surface area contributed by atoms with Crippen LogP contribution in [0.2, 0.25) is 0 Å². The normalized spacial score (nSPS) is 15.2. The summed E-state index contributed by atoms with van der Waals surface area (Å²) >= 11 is 5.34. The lowest BCUT2D eigenvalue weighted by Crippen LogP contribution is -2.34. The number of hydrogen-bond donors (Lipinski definition) is 3. The Bertz CT molecular complexity index is 1090. The molecule has 2 aromatic rings. The highest BCUT2D eigenvalue weighted by atomic mass is 32.2. The van der Waals surface area contributed by atoms with Crippen LogP contribution < -0.4 is 15.4 Å². The summed E-state index contributed by atoms with van der Waals surface area (Å²) in [5, 5.41) is 15.1. The molecule has 0 amide bonds. The van der Waals surface area contributed by atoms with Gasteiger partial charge in [0.15, 0.2) is 5.11 Å². The topological polar surface area (TPSA) is 108 Å². The smallest absolute Gasteiger partial charge is 0.305 e. The van der Waals surface area contributed by atoms with Crippen molar-refractivity contribution in [3.8, 4) is 5.75 Å². The molecule has 32 heavy (non-hydrogen) atoms. The number of benzene rings is 2. The Hall–Kier alpha value is -2.76. The van der Waals surface area contributed by atoms with Crippen LogP contribution in [0.15, 0.2) is 47.4 Å². The van der Waals surface area contributed by atoms with E-state index in [0.29, 0.717) is 30.1 Å². The van der Waals surface area contributed by atoms with E-state index in [2.05, 4.69) is 10.6 Å². The van der Waals surface area contributed by atoms with Crippen molar-refractivity contribution in [1.29, 1.82) is 0 Å². The average Bonchev–Trinajstić information content (AvgIpc) is 3.29. The van der Waals surface area contributed by atoms with Crippen molar-refractivity contribution in [2.75, 3.05) is 25.5 Å². The van der Waals surface area contributed by atoms with Crippen LogP contribution >= 0.6 is 12.2 Å². The van der Waals surface area contributed by atoms with Gasteiger partial charge in [0, 0.05) is 13.1 Å². The number of thiocarbonyl (C=S) groups is 1. The fourth-order valence-corrected chi connectivity index (χ4v) is 5.26. The molecule has 0 spiro atoms. The van der Waals surface area contributed by atoms with Crippen LogP contribution in [-0.2, 0) is 14.8 Å². The number of aliphatic carboxylic acids is 1. The number of ether oxygens (including phenoxy) is 1. The van der Waals surface area contributed by atoms with Gasteiger partial charge in [-0.15, -0.1) is 0 Å². The van der Waals surface area contributed by atoms with Gasteiger partial charge in [0.2, 0.25) is 10.0 Å². The number of sulfonamides is 1. The molecule has 2 aromatic carbocycles. The number of nitrogens with one attached hydrogen (secondary N) is 2. The standard InChI is InChI=1S/C21H24FN3O5S2/c1-30-19-9-8-16(32(28,29)25-10-2-3-11-25)12-18(19)24-21(31)23-17(13-20(26)27)14-4-6-15(22)7-5-14/h4-9,12,17H,2-3,10-11,13H2,1H3,(H,26,27)(H2,23,24,31)/t17-/m0/s1. The summed E-state index contributed by atoms with van der Waals surface area (Å²) in [7, 11) is -2.21. The third kappa shape index (κ3) is 5.72. The molecule has 3 N–H and O–H groups in total. The van der Waals surface area contributed by atoms with E-state index in [-0.39, 0.29) is 16.4 Å². The predicted molar refractivity (Wildman–Crippen MR) is 122 cm³/mol. The summed E-state index contributed by atoms with van der Waals surface area (Å²) in [6, 6.07) is 9.13. The first-order valence-electron chi connectivity index (χ1n) is 9.93. The first-order valence-corrected chi connectivity index (χ1v) is 11.8. The van der Waals surface area contributed by atoms with E-state index in [1.807, 2.05) is 0 Å². The first-order chi connectivity index (χ1) is 15.2. The van der Waals surface area contributed by atoms with Crippen molar-refractivity contribution in [2.24, 2.45) is 0 Å².